The topological polar surface area (TPSA) is 59.2 Å². The number of thioether (sulfide) groups is 1. The number of thiazole rings is 1. The summed E-state index contributed by atoms with van der Waals surface area (Å²) in [6, 6.07) is 0. The summed E-state index contributed by atoms with van der Waals surface area (Å²) in [5, 5.41) is 0.509. The zero-order valence-corrected chi connectivity index (χ0v) is 12.2. The minimum atomic E-state index is -0.0528. The summed E-state index contributed by atoms with van der Waals surface area (Å²) < 4.78 is 1.02. The van der Waals surface area contributed by atoms with Crippen molar-refractivity contribution in [3.63, 3.8) is 0 Å². The van der Waals surface area contributed by atoms with E-state index in [1.54, 1.807) is 18.0 Å². The lowest BCUT2D eigenvalue weighted by Crippen LogP contribution is -2.37. The molecule has 1 aliphatic rings. The van der Waals surface area contributed by atoms with Gasteiger partial charge in [-0.3, -0.25) is 4.79 Å². The predicted molar refractivity (Wildman–Crippen MR) is 76.9 cm³/mol. The summed E-state index contributed by atoms with van der Waals surface area (Å²) in [7, 11) is 0. The second-order valence-electron chi connectivity index (χ2n) is 4.52. The van der Waals surface area contributed by atoms with Crippen LogP contribution in [-0.4, -0.2) is 34.1 Å². The highest BCUT2D eigenvalue weighted by molar-refractivity contribution is 8.02. The fourth-order valence-electron chi connectivity index (χ4n) is 2.10. The van der Waals surface area contributed by atoms with Gasteiger partial charge in [0.2, 0.25) is 5.91 Å². The van der Waals surface area contributed by atoms with E-state index in [0.29, 0.717) is 5.13 Å². The largest absolute Gasteiger partial charge is 0.375 e. The molecule has 1 saturated heterocycles. The first kappa shape index (κ1) is 13.7. The molecule has 2 rings (SSSR count). The number of aromatic nitrogens is 1. The quantitative estimate of drug-likeness (QED) is 0.867. The van der Waals surface area contributed by atoms with Crippen molar-refractivity contribution in [1.29, 1.82) is 0 Å². The minimum absolute atomic E-state index is 0.0528. The van der Waals surface area contributed by atoms with Gasteiger partial charge in [-0.25, -0.2) is 4.98 Å². The number of nitrogens with two attached hydrogens (primary N) is 1. The van der Waals surface area contributed by atoms with E-state index in [9.17, 15) is 4.79 Å². The number of amides is 1. The number of nitrogens with zero attached hydrogens (tertiary/aromatic N) is 2. The molecule has 100 valence electrons. The van der Waals surface area contributed by atoms with Crippen molar-refractivity contribution in [2.24, 2.45) is 0 Å². The Morgan fingerprint density at radius 1 is 1.44 bits per heavy atom. The monoisotopic (exact) mass is 285 g/mol. The first-order chi connectivity index (χ1) is 8.66. The van der Waals surface area contributed by atoms with Crippen LogP contribution in [0.25, 0.3) is 0 Å². The Bertz CT molecular complexity index is 400. The third kappa shape index (κ3) is 3.62. The van der Waals surface area contributed by atoms with E-state index < -0.39 is 0 Å². The summed E-state index contributed by atoms with van der Waals surface area (Å²) in [5.74, 6) is 0.244. The molecular formula is C12H19N3OS2. The van der Waals surface area contributed by atoms with Crippen molar-refractivity contribution in [3.8, 4) is 0 Å². The molecule has 0 bridgehead atoms. The van der Waals surface area contributed by atoms with Gasteiger partial charge < -0.3 is 10.6 Å². The van der Waals surface area contributed by atoms with Crippen LogP contribution >= 0.6 is 23.1 Å². The molecule has 0 radical (unpaired) electrons. The van der Waals surface area contributed by atoms with Gasteiger partial charge in [-0.1, -0.05) is 24.2 Å². The van der Waals surface area contributed by atoms with Crippen molar-refractivity contribution < 1.29 is 4.79 Å². The van der Waals surface area contributed by atoms with Crippen LogP contribution in [0.2, 0.25) is 0 Å². The van der Waals surface area contributed by atoms with Crippen molar-refractivity contribution in [2.45, 2.75) is 42.1 Å². The molecule has 2 heterocycles. The second-order valence-corrected chi connectivity index (χ2v) is 7.22. The molecule has 4 nitrogen and oxygen atoms in total. The zero-order valence-electron chi connectivity index (χ0n) is 10.6. The second kappa shape index (κ2) is 6.43. The molecule has 0 aliphatic carbocycles. The van der Waals surface area contributed by atoms with E-state index in [2.05, 4.69) is 4.98 Å². The van der Waals surface area contributed by atoms with Crippen molar-refractivity contribution >= 4 is 34.1 Å². The van der Waals surface area contributed by atoms with Crippen LogP contribution in [0.5, 0.6) is 0 Å². The number of carbonyl (C=O) groups is 1. The summed E-state index contributed by atoms with van der Waals surface area (Å²) in [6.45, 7) is 3.79. The Balaban J connectivity index is 1.91. The van der Waals surface area contributed by atoms with E-state index in [0.717, 1.165) is 30.1 Å². The van der Waals surface area contributed by atoms with Crippen LogP contribution in [0.4, 0.5) is 5.13 Å². The van der Waals surface area contributed by atoms with Gasteiger partial charge >= 0.3 is 0 Å². The van der Waals surface area contributed by atoms with E-state index >= 15 is 0 Å². The molecule has 1 fully saturated rings. The lowest BCUT2D eigenvalue weighted by Gasteiger charge is -2.23. The van der Waals surface area contributed by atoms with Gasteiger partial charge in [0, 0.05) is 13.1 Å². The lowest BCUT2D eigenvalue weighted by molar-refractivity contribution is -0.130. The summed E-state index contributed by atoms with van der Waals surface area (Å²) in [4.78, 5) is 18.3. The summed E-state index contributed by atoms with van der Waals surface area (Å²) >= 11 is 3.00. The van der Waals surface area contributed by atoms with Crippen molar-refractivity contribution in [1.82, 2.24) is 9.88 Å². The molecule has 1 unspecified atom stereocenters. The SMILES string of the molecule is CC(Sc1cnc(N)s1)C(=O)N1CCCCCC1. The zero-order chi connectivity index (χ0) is 13.0. The van der Waals surface area contributed by atoms with Gasteiger partial charge in [0.25, 0.3) is 0 Å². The van der Waals surface area contributed by atoms with Crippen molar-refractivity contribution in [2.75, 3.05) is 18.8 Å². The number of carbonyl (C=O) groups excluding carboxylic acids is 1. The minimum Gasteiger partial charge on any atom is -0.375 e. The first-order valence-electron chi connectivity index (χ1n) is 6.33. The van der Waals surface area contributed by atoms with Gasteiger partial charge in [-0.15, -0.1) is 11.8 Å². The number of rotatable bonds is 3. The van der Waals surface area contributed by atoms with Gasteiger partial charge in [-0.05, 0) is 19.8 Å². The normalized spacial score (nSPS) is 18.4. The molecule has 1 aromatic rings. The van der Waals surface area contributed by atoms with E-state index in [4.69, 9.17) is 5.73 Å². The Kier molecular flexibility index (Phi) is 4.88. The van der Waals surface area contributed by atoms with Gasteiger partial charge in [0.15, 0.2) is 5.13 Å². The Hall–Kier alpha value is -0.750. The molecule has 1 aromatic heterocycles. The molecule has 18 heavy (non-hydrogen) atoms. The average Bonchev–Trinajstić information content (AvgIpc) is 2.62. The fraction of sp³-hybridized carbons (Fsp3) is 0.667. The number of hydrogen-bond donors (Lipinski definition) is 1. The number of hydrogen-bond acceptors (Lipinski definition) is 5. The van der Waals surface area contributed by atoms with E-state index in [-0.39, 0.29) is 11.2 Å². The summed E-state index contributed by atoms with van der Waals surface area (Å²) in [6.07, 6.45) is 6.51. The standard InChI is InChI=1S/C12H19N3OS2/c1-9(17-10-8-14-12(13)18-10)11(16)15-6-4-2-3-5-7-15/h8-9H,2-7H2,1H3,(H2,13,14). The molecule has 0 saturated carbocycles. The smallest absolute Gasteiger partial charge is 0.235 e. The highest BCUT2D eigenvalue weighted by Crippen LogP contribution is 2.30. The Morgan fingerprint density at radius 3 is 2.67 bits per heavy atom. The maximum atomic E-state index is 12.3. The molecule has 1 atom stereocenters. The van der Waals surface area contributed by atoms with Crippen LogP contribution in [-0.2, 0) is 4.79 Å². The third-order valence-corrected chi connectivity index (χ3v) is 5.11. The van der Waals surface area contributed by atoms with Crippen LogP contribution in [0, 0.1) is 0 Å². The van der Waals surface area contributed by atoms with Crippen LogP contribution in [0.15, 0.2) is 10.4 Å². The maximum absolute atomic E-state index is 12.3. The van der Waals surface area contributed by atoms with Crippen LogP contribution in [0.3, 0.4) is 0 Å². The summed E-state index contributed by atoms with van der Waals surface area (Å²) in [5.41, 5.74) is 5.59. The van der Waals surface area contributed by atoms with Crippen LogP contribution < -0.4 is 5.73 Å². The Labute approximate surface area is 116 Å². The van der Waals surface area contributed by atoms with Crippen molar-refractivity contribution in [3.05, 3.63) is 6.20 Å². The molecule has 1 amide bonds. The number of likely N-dealkylation sites (tertiary alicyclic amines) is 1. The van der Waals surface area contributed by atoms with E-state index in [1.165, 1.54) is 24.2 Å². The van der Waals surface area contributed by atoms with E-state index in [1.807, 2.05) is 11.8 Å². The van der Waals surface area contributed by atoms with Gasteiger partial charge in [-0.2, -0.15) is 0 Å². The average molecular weight is 285 g/mol. The number of nitrogen functional groups attached to an aromatic ring is 1. The third-order valence-electron chi connectivity index (χ3n) is 3.06. The molecule has 1 aliphatic heterocycles. The predicted octanol–water partition coefficient (Wildman–Crippen LogP) is 2.61. The molecule has 2 N–H and O–H groups in total. The van der Waals surface area contributed by atoms with Crippen LogP contribution in [0.1, 0.15) is 32.6 Å². The molecule has 0 spiro atoms. The molecule has 0 aromatic carbocycles. The lowest BCUT2D eigenvalue weighted by atomic mass is 10.2. The maximum Gasteiger partial charge on any atom is 0.235 e. The fourth-order valence-corrected chi connectivity index (χ4v) is 4.11. The van der Waals surface area contributed by atoms with Gasteiger partial charge in [0.05, 0.1) is 15.7 Å². The highest BCUT2D eigenvalue weighted by Gasteiger charge is 2.22. The van der Waals surface area contributed by atoms with Gasteiger partial charge in [0.1, 0.15) is 0 Å². The highest BCUT2D eigenvalue weighted by atomic mass is 32.2. The first-order valence-corrected chi connectivity index (χ1v) is 8.03. The molecule has 6 heteroatoms. The number of anilines is 1. The molecular weight excluding hydrogens is 266 g/mol. The Morgan fingerprint density at radius 2 is 2.11 bits per heavy atom.